The summed E-state index contributed by atoms with van der Waals surface area (Å²) < 4.78 is 0. The van der Waals surface area contributed by atoms with Gasteiger partial charge in [-0.15, -0.1) is 0 Å². The molecule has 3 heteroatoms. The van der Waals surface area contributed by atoms with Crippen molar-refractivity contribution in [3.63, 3.8) is 0 Å². The number of benzene rings is 1. The fourth-order valence-electron chi connectivity index (χ4n) is 1.96. The highest BCUT2D eigenvalue weighted by Gasteiger charge is 2.13. The van der Waals surface area contributed by atoms with Gasteiger partial charge in [0.1, 0.15) is 0 Å². The van der Waals surface area contributed by atoms with E-state index in [4.69, 9.17) is 5.73 Å². The standard InChI is InChI=1S/C16H26N2O/c1-11-8-9-15(10-13(11)3)18-16(19)12(2)6-5-7-14(4)17/h8-10,12,14H,5-7,17H2,1-4H3,(H,18,19). The number of anilines is 1. The van der Waals surface area contributed by atoms with E-state index in [1.165, 1.54) is 11.1 Å². The molecule has 0 saturated carbocycles. The van der Waals surface area contributed by atoms with Crippen LogP contribution in [0.4, 0.5) is 5.69 Å². The highest BCUT2D eigenvalue weighted by Crippen LogP contribution is 2.16. The summed E-state index contributed by atoms with van der Waals surface area (Å²) in [5, 5.41) is 2.98. The van der Waals surface area contributed by atoms with Gasteiger partial charge in [-0.1, -0.05) is 19.4 Å². The van der Waals surface area contributed by atoms with E-state index < -0.39 is 0 Å². The van der Waals surface area contributed by atoms with Gasteiger partial charge in [0.25, 0.3) is 0 Å². The van der Waals surface area contributed by atoms with Gasteiger partial charge in [-0.25, -0.2) is 0 Å². The van der Waals surface area contributed by atoms with Gasteiger partial charge in [-0.3, -0.25) is 4.79 Å². The Morgan fingerprint density at radius 1 is 1.21 bits per heavy atom. The van der Waals surface area contributed by atoms with Crippen LogP contribution in [0.5, 0.6) is 0 Å². The molecule has 0 heterocycles. The molecule has 19 heavy (non-hydrogen) atoms. The summed E-state index contributed by atoms with van der Waals surface area (Å²) in [5.41, 5.74) is 9.03. The van der Waals surface area contributed by atoms with Gasteiger partial charge in [-0.05, 0) is 56.9 Å². The predicted molar refractivity (Wildman–Crippen MR) is 81.2 cm³/mol. The van der Waals surface area contributed by atoms with Crippen molar-refractivity contribution in [1.82, 2.24) is 0 Å². The van der Waals surface area contributed by atoms with Gasteiger partial charge in [0.15, 0.2) is 0 Å². The lowest BCUT2D eigenvalue weighted by Gasteiger charge is -2.13. The molecule has 3 nitrogen and oxygen atoms in total. The average molecular weight is 262 g/mol. The molecule has 1 aromatic rings. The fraction of sp³-hybridized carbons (Fsp3) is 0.562. The van der Waals surface area contributed by atoms with Crippen molar-refractivity contribution in [3.05, 3.63) is 29.3 Å². The Morgan fingerprint density at radius 2 is 1.89 bits per heavy atom. The molecule has 106 valence electrons. The maximum absolute atomic E-state index is 12.0. The number of amides is 1. The Bertz CT molecular complexity index is 427. The Balaban J connectivity index is 2.47. The summed E-state index contributed by atoms with van der Waals surface area (Å²) in [4.78, 5) is 12.0. The molecule has 0 radical (unpaired) electrons. The van der Waals surface area contributed by atoms with E-state index in [-0.39, 0.29) is 17.9 Å². The summed E-state index contributed by atoms with van der Waals surface area (Å²) in [7, 11) is 0. The molecule has 2 unspecified atom stereocenters. The lowest BCUT2D eigenvalue weighted by atomic mass is 10.0. The molecule has 0 fully saturated rings. The van der Waals surface area contributed by atoms with Crippen molar-refractivity contribution in [2.24, 2.45) is 11.7 Å². The second-order valence-corrected chi connectivity index (χ2v) is 5.60. The Kier molecular flexibility index (Phi) is 6.03. The molecule has 0 aromatic heterocycles. The third-order valence-corrected chi connectivity index (χ3v) is 3.52. The van der Waals surface area contributed by atoms with Crippen LogP contribution in [-0.4, -0.2) is 11.9 Å². The number of hydrogen-bond acceptors (Lipinski definition) is 2. The fourth-order valence-corrected chi connectivity index (χ4v) is 1.96. The highest BCUT2D eigenvalue weighted by atomic mass is 16.1. The van der Waals surface area contributed by atoms with E-state index >= 15 is 0 Å². The number of hydrogen-bond donors (Lipinski definition) is 2. The molecule has 3 N–H and O–H groups in total. The van der Waals surface area contributed by atoms with E-state index in [1.807, 2.05) is 32.0 Å². The monoisotopic (exact) mass is 262 g/mol. The zero-order valence-electron chi connectivity index (χ0n) is 12.5. The second kappa shape index (κ2) is 7.29. The van der Waals surface area contributed by atoms with Gasteiger partial charge in [0, 0.05) is 17.6 Å². The van der Waals surface area contributed by atoms with E-state index in [1.54, 1.807) is 0 Å². The number of carbonyl (C=O) groups excluding carboxylic acids is 1. The first-order valence-corrected chi connectivity index (χ1v) is 7.04. The lowest BCUT2D eigenvalue weighted by Crippen LogP contribution is -2.21. The molecule has 0 bridgehead atoms. The molecule has 0 aliphatic heterocycles. The molecule has 0 spiro atoms. The van der Waals surface area contributed by atoms with E-state index in [2.05, 4.69) is 19.2 Å². The number of carbonyl (C=O) groups is 1. The maximum Gasteiger partial charge on any atom is 0.227 e. The lowest BCUT2D eigenvalue weighted by molar-refractivity contribution is -0.119. The third kappa shape index (κ3) is 5.43. The average Bonchev–Trinajstić information content (AvgIpc) is 2.33. The topological polar surface area (TPSA) is 55.1 Å². The summed E-state index contributed by atoms with van der Waals surface area (Å²) in [6.45, 7) is 8.09. The molecule has 1 aromatic carbocycles. The number of aryl methyl sites for hydroxylation is 2. The zero-order valence-corrected chi connectivity index (χ0v) is 12.5. The smallest absolute Gasteiger partial charge is 0.227 e. The number of rotatable bonds is 6. The molecule has 1 amide bonds. The van der Waals surface area contributed by atoms with Gasteiger partial charge in [0.05, 0.1) is 0 Å². The van der Waals surface area contributed by atoms with Crippen LogP contribution in [0, 0.1) is 19.8 Å². The van der Waals surface area contributed by atoms with Crippen LogP contribution in [0.3, 0.4) is 0 Å². The third-order valence-electron chi connectivity index (χ3n) is 3.52. The van der Waals surface area contributed by atoms with Crippen LogP contribution >= 0.6 is 0 Å². The Labute approximate surface area is 116 Å². The minimum Gasteiger partial charge on any atom is -0.328 e. The van der Waals surface area contributed by atoms with Crippen molar-refractivity contribution >= 4 is 11.6 Å². The van der Waals surface area contributed by atoms with Gasteiger partial charge < -0.3 is 11.1 Å². The van der Waals surface area contributed by atoms with E-state index in [0.29, 0.717) is 0 Å². The molecule has 2 atom stereocenters. The van der Waals surface area contributed by atoms with Crippen LogP contribution in [0.1, 0.15) is 44.2 Å². The van der Waals surface area contributed by atoms with Crippen LogP contribution in [-0.2, 0) is 4.79 Å². The van der Waals surface area contributed by atoms with Crippen molar-refractivity contribution in [1.29, 1.82) is 0 Å². The van der Waals surface area contributed by atoms with Crippen molar-refractivity contribution in [2.75, 3.05) is 5.32 Å². The first-order valence-electron chi connectivity index (χ1n) is 7.04. The Hall–Kier alpha value is -1.35. The molecular formula is C16H26N2O. The van der Waals surface area contributed by atoms with Crippen molar-refractivity contribution in [3.8, 4) is 0 Å². The summed E-state index contributed by atoms with van der Waals surface area (Å²) in [6.07, 6.45) is 2.86. The summed E-state index contributed by atoms with van der Waals surface area (Å²) >= 11 is 0. The van der Waals surface area contributed by atoms with E-state index in [0.717, 1.165) is 24.9 Å². The number of nitrogens with one attached hydrogen (secondary N) is 1. The van der Waals surface area contributed by atoms with Crippen LogP contribution in [0.25, 0.3) is 0 Å². The normalized spacial score (nSPS) is 13.9. The highest BCUT2D eigenvalue weighted by molar-refractivity contribution is 5.92. The van der Waals surface area contributed by atoms with E-state index in [9.17, 15) is 4.79 Å². The maximum atomic E-state index is 12.0. The molecular weight excluding hydrogens is 236 g/mol. The van der Waals surface area contributed by atoms with Gasteiger partial charge in [0.2, 0.25) is 5.91 Å². The molecule has 0 aliphatic carbocycles. The van der Waals surface area contributed by atoms with Gasteiger partial charge in [-0.2, -0.15) is 0 Å². The van der Waals surface area contributed by atoms with Crippen molar-refractivity contribution in [2.45, 2.75) is 53.0 Å². The summed E-state index contributed by atoms with van der Waals surface area (Å²) in [6, 6.07) is 6.22. The first-order chi connectivity index (χ1) is 8.90. The van der Waals surface area contributed by atoms with Crippen LogP contribution < -0.4 is 11.1 Å². The predicted octanol–water partition coefficient (Wildman–Crippen LogP) is 3.40. The summed E-state index contributed by atoms with van der Waals surface area (Å²) in [5.74, 6) is 0.119. The van der Waals surface area contributed by atoms with Crippen molar-refractivity contribution < 1.29 is 4.79 Å². The van der Waals surface area contributed by atoms with Gasteiger partial charge >= 0.3 is 0 Å². The largest absolute Gasteiger partial charge is 0.328 e. The molecule has 1 rings (SSSR count). The zero-order chi connectivity index (χ0) is 14.4. The Morgan fingerprint density at radius 3 is 2.47 bits per heavy atom. The SMILES string of the molecule is Cc1ccc(NC(=O)C(C)CCCC(C)N)cc1C. The number of nitrogens with two attached hydrogens (primary N) is 1. The quantitative estimate of drug-likeness (QED) is 0.825. The second-order valence-electron chi connectivity index (χ2n) is 5.60. The molecule has 0 saturated heterocycles. The van der Waals surface area contributed by atoms with Crippen LogP contribution in [0.2, 0.25) is 0 Å². The van der Waals surface area contributed by atoms with Crippen LogP contribution in [0.15, 0.2) is 18.2 Å². The molecule has 0 aliphatic rings. The minimum atomic E-state index is 0.0281. The first kappa shape index (κ1) is 15.7. The minimum absolute atomic E-state index is 0.0281.